The second kappa shape index (κ2) is 10.0. The Morgan fingerprint density at radius 2 is 1.86 bits per heavy atom. The standard InChI is InChI=1S/C25H21BrN2O6S/c1-13-21(24(31)33-4)22(15-5-8-18(32-3)9-6-15)28-23(30)20(35-25(28)27-13)12-16-11-17(26)7-10-19(16)34-14(2)29/h5-12,22H,1-4H3/b20-12+/t22-/m0/s1. The summed E-state index contributed by atoms with van der Waals surface area (Å²) in [5, 5.41) is 0. The second-order valence-corrected chi connectivity index (χ2v) is 9.55. The molecule has 0 saturated carbocycles. The molecule has 10 heteroatoms. The quantitative estimate of drug-likeness (QED) is 0.354. The van der Waals surface area contributed by atoms with Crippen molar-refractivity contribution in [2.24, 2.45) is 4.99 Å². The van der Waals surface area contributed by atoms with E-state index in [1.807, 2.05) is 0 Å². The van der Waals surface area contributed by atoms with Crippen molar-refractivity contribution in [3.05, 3.63) is 89.0 Å². The van der Waals surface area contributed by atoms with Gasteiger partial charge in [0.25, 0.3) is 5.56 Å². The lowest BCUT2D eigenvalue weighted by Crippen LogP contribution is -2.39. The molecular formula is C25H21BrN2O6S. The fraction of sp³-hybridized carbons (Fsp3) is 0.200. The lowest BCUT2D eigenvalue weighted by molar-refractivity contribution is -0.136. The maximum atomic E-state index is 13.7. The van der Waals surface area contributed by atoms with E-state index >= 15 is 0 Å². The minimum atomic E-state index is -0.734. The fourth-order valence-electron chi connectivity index (χ4n) is 3.82. The SMILES string of the molecule is COC(=O)C1=C(C)N=c2s/c(=C/c3cc(Br)ccc3OC(C)=O)c(=O)n2[C@H]1c1ccc(OC)cc1. The number of benzene rings is 2. The van der Waals surface area contributed by atoms with Crippen LogP contribution in [0.3, 0.4) is 0 Å². The number of halogens is 1. The normalized spacial score (nSPS) is 15.3. The third-order valence-corrected chi connectivity index (χ3v) is 6.85. The fourth-order valence-corrected chi connectivity index (χ4v) is 5.23. The lowest BCUT2D eigenvalue weighted by atomic mass is 9.96. The molecule has 0 amide bonds. The van der Waals surface area contributed by atoms with Gasteiger partial charge in [-0.1, -0.05) is 39.4 Å². The van der Waals surface area contributed by atoms with Gasteiger partial charge < -0.3 is 14.2 Å². The van der Waals surface area contributed by atoms with E-state index in [0.717, 1.165) is 4.47 Å². The van der Waals surface area contributed by atoms with Crippen LogP contribution in [0.4, 0.5) is 0 Å². The summed E-state index contributed by atoms with van der Waals surface area (Å²) in [5.41, 5.74) is 1.66. The molecule has 35 heavy (non-hydrogen) atoms. The number of ether oxygens (including phenoxy) is 3. The maximum Gasteiger partial charge on any atom is 0.338 e. The molecule has 0 unspecified atom stereocenters. The third-order valence-electron chi connectivity index (χ3n) is 5.37. The van der Waals surface area contributed by atoms with E-state index < -0.39 is 18.0 Å². The summed E-state index contributed by atoms with van der Waals surface area (Å²) in [6.45, 7) is 3.03. The molecule has 0 saturated heterocycles. The monoisotopic (exact) mass is 556 g/mol. The molecule has 1 atom stereocenters. The van der Waals surface area contributed by atoms with Crippen molar-refractivity contribution in [2.75, 3.05) is 14.2 Å². The van der Waals surface area contributed by atoms with Crippen molar-refractivity contribution in [1.82, 2.24) is 4.57 Å². The van der Waals surface area contributed by atoms with Gasteiger partial charge in [0.05, 0.1) is 36.1 Å². The van der Waals surface area contributed by atoms with E-state index in [-0.39, 0.29) is 11.1 Å². The van der Waals surface area contributed by atoms with Crippen LogP contribution in [-0.2, 0) is 14.3 Å². The highest BCUT2D eigenvalue weighted by Gasteiger charge is 2.33. The Morgan fingerprint density at radius 1 is 1.14 bits per heavy atom. The summed E-state index contributed by atoms with van der Waals surface area (Å²) < 4.78 is 18.2. The van der Waals surface area contributed by atoms with Gasteiger partial charge in [0.2, 0.25) is 0 Å². The highest BCUT2D eigenvalue weighted by molar-refractivity contribution is 9.10. The van der Waals surface area contributed by atoms with Crippen LogP contribution in [0.25, 0.3) is 6.08 Å². The summed E-state index contributed by atoms with van der Waals surface area (Å²) in [4.78, 5) is 43.0. The first-order valence-electron chi connectivity index (χ1n) is 10.5. The average Bonchev–Trinajstić information content (AvgIpc) is 3.13. The molecular weight excluding hydrogens is 536 g/mol. The van der Waals surface area contributed by atoms with Crippen molar-refractivity contribution in [2.45, 2.75) is 19.9 Å². The van der Waals surface area contributed by atoms with E-state index in [1.165, 1.54) is 29.9 Å². The Morgan fingerprint density at radius 3 is 2.49 bits per heavy atom. The van der Waals surface area contributed by atoms with Crippen LogP contribution in [0.5, 0.6) is 11.5 Å². The lowest BCUT2D eigenvalue weighted by Gasteiger charge is -2.24. The number of fused-ring (bicyclic) bond motifs is 1. The zero-order valence-corrected chi connectivity index (χ0v) is 21.7. The van der Waals surface area contributed by atoms with Gasteiger partial charge in [-0.15, -0.1) is 0 Å². The Balaban J connectivity index is 1.96. The molecule has 3 aromatic rings. The molecule has 0 bridgehead atoms. The van der Waals surface area contributed by atoms with Crippen molar-refractivity contribution >= 4 is 45.3 Å². The number of methoxy groups -OCH3 is 2. The smallest absolute Gasteiger partial charge is 0.338 e. The molecule has 0 aliphatic carbocycles. The molecule has 0 radical (unpaired) electrons. The van der Waals surface area contributed by atoms with Gasteiger partial charge >= 0.3 is 11.9 Å². The summed E-state index contributed by atoms with van der Waals surface area (Å²) in [6.07, 6.45) is 1.65. The van der Waals surface area contributed by atoms with Gasteiger partial charge in [-0.3, -0.25) is 14.2 Å². The number of thiazole rings is 1. The number of allylic oxidation sites excluding steroid dienone is 1. The predicted molar refractivity (Wildman–Crippen MR) is 134 cm³/mol. The van der Waals surface area contributed by atoms with Gasteiger partial charge in [-0.25, -0.2) is 9.79 Å². The average molecular weight is 557 g/mol. The van der Waals surface area contributed by atoms with E-state index in [1.54, 1.807) is 62.6 Å². The first-order valence-corrected chi connectivity index (χ1v) is 12.1. The summed E-state index contributed by atoms with van der Waals surface area (Å²) in [7, 11) is 2.86. The van der Waals surface area contributed by atoms with Crippen molar-refractivity contribution in [3.63, 3.8) is 0 Å². The molecule has 2 aromatic carbocycles. The topological polar surface area (TPSA) is 96.2 Å². The molecule has 180 valence electrons. The largest absolute Gasteiger partial charge is 0.497 e. The number of aromatic nitrogens is 1. The van der Waals surface area contributed by atoms with Crippen LogP contribution in [0.15, 0.2) is 68.0 Å². The van der Waals surface area contributed by atoms with Crippen molar-refractivity contribution in [1.29, 1.82) is 0 Å². The van der Waals surface area contributed by atoms with Crippen LogP contribution < -0.4 is 24.4 Å². The Hall–Kier alpha value is -3.50. The Kier molecular flexibility index (Phi) is 7.04. The highest BCUT2D eigenvalue weighted by atomic mass is 79.9. The zero-order valence-electron chi connectivity index (χ0n) is 19.3. The van der Waals surface area contributed by atoms with Crippen LogP contribution in [0.2, 0.25) is 0 Å². The minimum Gasteiger partial charge on any atom is -0.497 e. The first kappa shape index (κ1) is 24.6. The minimum absolute atomic E-state index is 0.277. The molecule has 1 aromatic heterocycles. The zero-order chi connectivity index (χ0) is 25.3. The molecule has 1 aliphatic heterocycles. The van der Waals surface area contributed by atoms with E-state index in [4.69, 9.17) is 14.2 Å². The molecule has 0 fully saturated rings. The maximum absolute atomic E-state index is 13.7. The number of carbonyl (C=O) groups is 2. The van der Waals surface area contributed by atoms with Gasteiger partial charge in [-0.05, 0) is 48.9 Å². The summed E-state index contributed by atoms with van der Waals surface area (Å²) >= 11 is 4.60. The van der Waals surface area contributed by atoms with E-state index in [9.17, 15) is 14.4 Å². The van der Waals surface area contributed by atoms with Crippen molar-refractivity contribution < 1.29 is 23.8 Å². The molecule has 4 rings (SSSR count). The number of esters is 2. The number of hydrogen-bond acceptors (Lipinski definition) is 8. The predicted octanol–water partition coefficient (Wildman–Crippen LogP) is 3.10. The Bertz CT molecular complexity index is 1540. The third kappa shape index (κ3) is 4.85. The first-order chi connectivity index (χ1) is 16.7. The van der Waals surface area contributed by atoms with Gasteiger partial charge in [0, 0.05) is 17.0 Å². The number of rotatable bonds is 5. The highest BCUT2D eigenvalue weighted by Crippen LogP contribution is 2.31. The van der Waals surface area contributed by atoms with Gasteiger partial charge in [0.15, 0.2) is 4.80 Å². The molecule has 1 aliphatic rings. The Labute approximate surface area is 212 Å². The molecule has 0 N–H and O–H groups in total. The van der Waals surface area contributed by atoms with Crippen LogP contribution in [0.1, 0.15) is 31.0 Å². The van der Waals surface area contributed by atoms with E-state index in [2.05, 4.69) is 20.9 Å². The number of carbonyl (C=O) groups excluding carboxylic acids is 2. The molecule has 8 nitrogen and oxygen atoms in total. The van der Waals surface area contributed by atoms with Crippen LogP contribution >= 0.6 is 27.3 Å². The van der Waals surface area contributed by atoms with Crippen LogP contribution in [-0.4, -0.2) is 30.7 Å². The van der Waals surface area contributed by atoms with Gasteiger partial charge in [0.1, 0.15) is 11.5 Å². The molecule has 0 spiro atoms. The molecule has 2 heterocycles. The number of nitrogens with zero attached hydrogens (tertiary/aromatic N) is 2. The summed E-state index contributed by atoms with van der Waals surface area (Å²) in [6, 6.07) is 11.5. The van der Waals surface area contributed by atoms with Gasteiger partial charge in [-0.2, -0.15) is 0 Å². The van der Waals surface area contributed by atoms with Crippen LogP contribution in [0, 0.1) is 0 Å². The van der Waals surface area contributed by atoms with Crippen molar-refractivity contribution in [3.8, 4) is 11.5 Å². The number of hydrogen-bond donors (Lipinski definition) is 0. The second-order valence-electron chi connectivity index (χ2n) is 7.62. The van der Waals surface area contributed by atoms with E-state index in [0.29, 0.717) is 37.7 Å². The summed E-state index contributed by atoms with van der Waals surface area (Å²) in [5.74, 6) is -0.0643.